The van der Waals surface area contributed by atoms with E-state index in [1.807, 2.05) is 0 Å². The van der Waals surface area contributed by atoms with E-state index in [-0.39, 0.29) is 26.4 Å². The molecule has 0 aliphatic rings. The van der Waals surface area contributed by atoms with Gasteiger partial charge in [-0.25, -0.2) is 9.59 Å². The third kappa shape index (κ3) is 20.7. The molecule has 10 nitrogen and oxygen atoms in total. The van der Waals surface area contributed by atoms with Crippen molar-refractivity contribution in [2.75, 3.05) is 79.3 Å². The molecule has 0 spiro atoms. The van der Waals surface area contributed by atoms with Gasteiger partial charge in [-0.1, -0.05) is 0 Å². The minimum atomic E-state index is -1.00. The molecule has 0 aromatic rings. The lowest BCUT2D eigenvalue weighted by Crippen LogP contribution is -2.15. The molecule has 0 bridgehead atoms. The average Bonchev–Trinajstić information content (AvgIpc) is 2.53. The zero-order chi connectivity index (χ0) is 17.9. The molecule has 0 aliphatic carbocycles. The minimum Gasteiger partial charge on any atom is -0.480 e. The topological polar surface area (TPSA) is 130 Å². The van der Waals surface area contributed by atoms with Crippen molar-refractivity contribution >= 4 is 11.9 Å². The molecule has 2 N–H and O–H groups in total. The van der Waals surface area contributed by atoms with Crippen LogP contribution in [0.15, 0.2) is 0 Å². The Kier molecular flexibility index (Phi) is 17.1. The Morgan fingerprint density at radius 2 is 0.667 bits per heavy atom. The number of carbonyl (C=O) groups is 2. The van der Waals surface area contributed by atoms with Crippen molar-refractivity contribution in [1.29, 1.82) is 0 Å². The number of carboxylic acids is 2. The molecule has 24 heavy (non-hydrogen) atoms. The van der Waals surface area contributed by atoms with E-state index in [0.717, 1.165) is 0 Å². The largest absolute Gasteiger partial charge is 0.480 e. The molecule has 0 fully saturated rings. The van der Waals surface area contributed by atoms with E-state index >= 15 is 0 Å². The molecule has 0 atom stereocenters. The molecule has 0 saturated carbocycles. The van der Waals surface area contributed by atoms with Gasteiger partial charge in [0.15, 0.2) is 0 Å². The monoisotopic (exact) mass is 354 g/mol. The van der Waals surface area contributed by atoms with Crippen molar-refractivity contribution in [3.8, 4) is 0 Å². The van der Waals surface area contributed by atoms with E-state index in [2.05, 4.69) is 0 Å². The lowest BCUT2D eigenvalue weighted by atomic mass is 10.6. The van der Waals surface area contributed by atoms with Crippen molar-refractivity contribution < 1.29 is 48.2 Å². The van der Waals surface area contributed by atoms with Crippen LogP contribution in [0.2, 0.25) is 0 Å². The van der Waals surface area contributed by atoms with E-state index in [0.29, 0.717) is 52.9 Å². The van der Waals surface area contributed by atoms with Gasteiger partial charge in [0.25, 0.3) is 0 Å². The highest BCUT2D eigenvalue weighted by atomic mass is 16.6. The lowest BCUT2D eigenvalue weighted by Gasteiger charge is -2.07. The van der Waals surface area contributed by atoms with Crippen LogP contribution in [0.5, 0.6) is 0 Å². The molecule has 0 amide bonds. The van der Waals surface area contributed by atoms with E-state index in [9.17, 15) is 9.59 Å². The van der Waals surface area contributed by atoms with Gasteiger partial charge in [-0.05, 0) is 0 Å². The summed E-state index contributed by atoms with van der Waals surface area (Å²) in [4.78, 5) is 20.3. The van der Waals surface area contributed by atoms with Gasteiger partial charge in [0, 0.05) is 0 Å². The third-order valence-electron chi connectivity index (χ3n) is 2.31. The van der Waals surface area contributed by atoms with Crippen molar-refractivity contribution in [3.05, 3.63) is 0 Å². The number of carboxylic acid groups (broad SMARTS) is 2. The van der Waals surface area contributed by atoms with Crippen molar-refractivity contribution in [2.24, 2.45) is 0 Å². The molecule has 0 unspecified atom stereocenters. The van der Waals surface area contributed by atoms with Crippen molar-refractivity contribution in [1.82, 2.24) is 0 Å². The summed E-state index contributed by atoms with van der Waals surface area (Å²) in [5.74, 6) is -2.01. The molecule has 142 valence electrons. The van der Waals surface area contributed by atoms with Crippen LogP contribution in [0.25, 0.3) is 0 Å². The predicted octanol–water partition coefficient (Wildman–Crippen LogP) is -0.745. The predicted molar refractivity (Wildman–Crippen MR) is 80.2 cm³/mol. The van der Waals surface area contributed by atoms with Gasteiger partial charge < -0.3 is 38.6 Å². The molecular weight excluding hydrogens is 328 g/mol. The smallest absolute Gasteiger partial charge is 0.329 e. The van der Waals surface area contributed by atoms with Gasteiger partial charge in [-0.2, -0.15) is 0 Å². The molecule has 0 aromatic heterocycles. The van der Waals surface area contributed by atoms with E-state index in [1.165, 1.54) is 0 Å². The van der Waals surface area contributed by atoms with Crippen LogP contribution in [0.4, 0.5) is 0 Å². The summed E-state index contributed by atoms with van der Waals surface area (Å²) in [6, 6.07) is 0. The SMILES string of the molecule is O=C(O)COCCOCCOCCOCCOCCOCC(=O)O. The summed E-state index contributed by atoms with van der Waals surface area (Å²) in [6.45, 7) is 2.95. The Bertz CT molecular complexity index is 280. The summed E-state index contributed by atoms with van der Waals surface area (Å²) in [6.07, 6.45) is 0. The van der Waals surface area contributed by atoms with Crippen LogP contribution in [0.3, 0.4) is 0 Å². The van der Waals surface area contributed by atoms with Gasteiger partial charge >= 0.3 is 11.9 Å². The van der Waals surface area contributed by atoms with E-state index < -0.39 is 11.9 Å². The molecule has 0 aromatic carbocycles. The summed E-state index contributed by atoms with van der Waals surface area (Å²) in [7, 11) is 0. The van der Waals surface area contributed by atoms with Crippen LogP contribution >= 0.6 is 0 Å². The number of aliphatic carboxylic acids is 2. The van der Waals surface area contributed by atoms with E-state index in [4.69, 9.17) is 38.6 Å². The zero-order valence-corrected chi connectivity index (χ0v) is 13.6. The quantitative estimate of drug-likeness (QED) is 0.286. The highest BCUT2D eigenvalue weighted by Crippen LogP contribution is 1.84. The molecular formula is C14H26O10. The first-order chi connectivity index (χ1) is 11.6. The second-order valence-corrected chi connectivity index (χ2v) is 4.34. The highest BCUT2D eigenvalue weighted by molar-refractivity contribution is 5.68. The maximum atomic E-state index is 10.2. The standard InChI is InChI=1S/C14H26O10/c15-13(16)11-23-9-7-21-5-3-19-1-2-20-4-6-22-8-10-24-12-14(17)18/h1-12H2,(H,15,16)(H,17,18). The second-order valence-electron chi connectivity index (χ2n) is 4.34. The van der Waals surface area contributed by atoms with E-state index in [1.54, 1.807) is 0 Å². The van der Waals surface area contributed by atoms with Crippen LogP contribution in [0.1, 0.15) is 0 Å². The summed E-state index contributed by atoms with van der Waals surface area (Å²) < 4.78 is 30.4. The third-order valence-corrected chi connectivity index (χ3v) is 2.31. The summed E-state index contributed by atoms with van der Waals surface area (Å²) in [5, 5.41) is 16.7. The maximum absolute atomic E-state index is 10.2. The Hall–Kier alpha value is -1.30. The summed E-state index contributed by atoms with van der Waals surface area (Å²) >= 11 is 0. The molecule has 0 heterocycles. The van der Waals surface area contributed by atoms with Gasteiger partial charge in [0.2, 0.25) is 0 Å². The number of hydrogen-bond donors (Lipinski definition) is 2. The lowest BCUT2D eigenvalue weighted by molar-refractivity contribution is -0.143. The van der Waals surface area contributed by atoms with Gasteiger partial charge in [-0.15, -0.1) is 0 Å². The Morgan fingerprint density at radius 3 is 0.875 bits per heavy atom. The Labute approximate surface area is 140 Å². The fraction of sp³-hybridized carbons (Fsp3) is 0.857. The molecule has 10 heteroatoms. The van der Waals surface area contributed by atoms with Crippen LogP contribution < -0.4 is 0 Å². The van der Waals surface area contributed by atoms with Gasteiger partial charge in [-0.3, -0.25) is 0 Å². The molecule has 0 saturated heterocycles. The van der Waals surface area contributed by atoms with Crippen molar-refractivity contribution in [3.63, 3.8) is 0 Å². The average molecular weight is 354 g/mol. The van der Waals surface area contributed by atoms with Crippen LogP contribution in [-0.2, 0) is 38.0 Å². The Morgan fingerprint density at radius 1 is 0.458 bits per heavy atom. The number of ether oxygens (including phenoxy) is 6. The normalized spacial score (nSPS) is 10.8. The van der Waals surface area contributed by atoms with Crippen LogP contribution in [0, 0.1) is 0 Å². The van der Waals surface area contributed by atoms with Gasteiger partial charge in [0.05, 0.1) is 66.1 Å². The number of rotatable bonds is 19. The second kappa shape index (κ2) is 18.0. The molecule has 0 aliphatic heterocycles. The zero-order valence-electron chi connectivity index (χ0n) is 13.6. The van der Waals surface area contributed by atoms with Crippen LogP contribution in [-0.4, -0.2) is 101 Å². The maximum Gasteiger partial charge on any atom is 0.329 e. The highest BCUT2D eigenvalue weighted by Gasteiger charge is 1.97. The van der Waals surface area contributed by atoms with Gasteiger partial charge in [0.1, 0.15) is 13.2 Å². The first-order valence-electron chi connectivity index (χ1n) is 7.53. The van der Waals surface area contributed by atoms with Crippen molar-refractivity contribution in [2.45, 2.75) is 0 Å². The Balaban J connectivity index is 3.00. The fourth-order valence-electron chi connectivity index (χ4n) is 1.32. The molecule has 0 radical (unpaired) electrons. The summed E-state index contributed by atoms with van der Waals surface area (Å²) in [5.41, 5.74) is 0. The number of hydrogen-bond acceptors (Lipinski definition) is 8. The first-order valence-corrected chi connectivity index (χ1v) is 7.53. The minimum absolute atomic E-state index is 0.233. The first kappa shape index (κ1) is 22.7. The molecule has 0 rings (SSSR count). The fourth-order valence-corrected chi connectivity index (χ4v) is 1.32.